The lowest BCUT2D eigenvalue weighted by molar-refractivity contribution is 0.223. The summed E-state index contributed by atoms with van der Waals surface area (Å²) < 4.78 is 13.1. The van der Waals surface area contributed by atoms with Gasteiger partial charge in [0.25, 0.3) is 0 Å². The molecule has 0 saturated carbocycles. The van der Waals surface area contributed by atoms with Crippen LogP contribution in [-0.2, 0) is 12.8 Å². The molecule has 1 aliphatic rings. The summed E-state index contributed by atoms with van der Waals surface area (Å²) in [5, 5.41) is 10.2. The van der Waals surface area contributed by atoms with E-state index in [2.05, 4.69) is 6.07 Å². The highest BCUT2D eigenvalue weighted by molar-refractivity contribution is 7.12. The highest BCUT2D eigenvalue weighted by Crippen LogP contribution is 2.35. The topological polar surface area (TPSA) is 20.2 Å². The van der Waals surface area contributed by atoms with Crippen LogP contribution in [0.1, 0.15) is 33.4 Å². The van der Waals surface area contributed by atoms with Crippen LogP contribution in [0.5, 0.6) is 0 Å². The van der Waals surface area contributed by atoms with Crippen LogP contribution in [0, 0.1) is 5.82 Å². The van der Waals surface area contributed by atoms with E-state index in [9.17, 15) is 9.50 Å². The van der Waals surface area contributed by atoms with Crippen molar-refractivity contribution in [2.75, 3.05) is 0 Å². The molecular weight excluding hydrogens is 235 g/mol. The summed E-state index contributed by atoms with van der Waals surface area (Å²) in [6.07, 6.45) is 2.76. The highest BCUT2D eigenvalue weighted by atomic mass is 32.1. The van der Waals surface area contributed by atoms with E-state index in [0.29, 0.717) is 5.56 Å². The monoisotopic (exact) mass is 248 g/mol. The van der Waals surface area contributed by atoms with Gasteiger partial charge in [0, 0.05) is 9.75 Å². The Hall–Kier alpha value is -1.19. The molecule has 1 aromatic heterocycles. The van der Waals surface area contributed by atoms with Crippen molar-refractivity contribution in [3.63, 3.8) is 0 Å². The van der Waals surface area contributed by atoms with Crippen LogP contribution in [0.25, 0.3) is 0 Å². The van der Waals surface area contributed by atoms with Gasteiger partial charge in [-0.1, -0.05) is 12.1 Å². The first kappa shape index (κ1) is 10.9. The molecule has 1 aliphatic carbocycles. The molecule has 3 rings (SSSR count). The van der Waals surface area contributed by atoms with E-state index in [1.165, 1.54) is 29.0 Å². The molecule has 0 fully saturated rings. The second-order valence-corrected chi connectivity index (χ2v) is 5.58. The molecule has 2 aromatic rings. The van der Waals surface area contributed by atoms with Gasteiger partial charge in [0.1, 0.15) is 11.9 Å². The average Bonchev–Trinajstić information content (AvgIpc) is 2.88. The molecular formula is C14H13FOS. The zero-order valence-corrected chi connectivity index (χ0v) is 10.1. The van der Waals surface area contributed by atoms with Gasteiger partial charge in [-0.15, -0.1) is 11.3 Å². The van der Waals surface area contributed by atoms with Crippen LogP contribution in [0.15, 0.2) is 30.3 Å². The predicted octanol–water partition coefficient (Wildman–Crippen LogP) is 3.46. The van der Waals surface area contributed by atoms with Crippen LogP contribution in [0.2, 0.25) is 0 Å². The summed E-state index contributed by atoms with van der Waals surface area (Å²) in [4.78, 5) is 2.32. The van der Waals surface area contributed by atoms with E-state index < -0.39 is 6.10 Å². The van der Waals surface area contributed by atoms with Crippen molar-refractivity contribution in [3.05, 3.63) is 57.0 Å². The molecule has 3 heteroatoms. The van der Waals surface area contributed by atoms with Gasteiger partial charge in [-0.05, 0) is 48.6 Å². The van der Waals surface area contributed by atoms with E-state index in [0.717, 1.165) is 17.7 Å². The molecule has 0 amide bonds. The van der Waals surface area contributed by atoms with Gasteiger partial charge in [0.05, 0.1) is 0 Å². The van der Waals surface area contributed by atoms with Gasteiger partial charge < -0.3 is 5.11 Å². The summed E-state index contributed by atoms with van der Waals surface area (Å²) in [6, 6.07) is 8.26. The van der Waals surface area contributed by atoms with Gasteiger partial charge in [0.15, 0.2) is 0 Å². The zero-order valence-electron chi connectivity index (χ0n) is 9.32. The van der Waals surface area contributed by atoms with E-state index in [1.807, 2.05) is 0 Å². The Kier molecular flexibility index (Phi) is 2.73. The van der Waals surface area contributed by atoms with Gasteiger partial charge in [-0.2, -0.15) is 0 Å². The van der Waals surface area contributed by atoms with Crippen molar-refractivity contribution in [2.45, 2.75) is 25.4 Å². The molecule has 1 aromatic carbocycles. The first-order valence-electron chi connectivity index (χ1n) is 5.79. The Labute approximate surface area is 104 Å². The minimum absolute atomic E-state index is 0.300. The van der Waals surface area contributed by atoms with Crippen LogP contribution < -0.4 is 0 Å². The van der Waals surface area contributed by atoms with Crippen LogP contribution in [-0.4, -0.2) is 5.11 Å². The molecule has 1 unspecified atom stereocenters. The van der Waals surface area contributed by atoms with Crippen LogP contribution in [0.3, 0.4) is 0 Å². The Bertz CT molecular complexity index is 525. The van der Waals surface area contributed by atoms with E-state index >= 15 is 0 Å². The lowest BCUT2D eigenvalue weighted by Gasteiger charge is -2.08. The normalized spacial score (nSPS) is 15.9. The summed E-state index contributed by atoms with van der Waals surface area (Å²) >= 11 is 1.66. The predicted molar refractivity (Wildman–Crippen MR) is 66.8 cm³/mol. The standard InChI is InChI=1S/C14H13FOS/c15-11-5-1-4-10(7-11)14(16)13-8-9-3-2-6-12(9)17-13/h1,4-5,7-8,14,16H,2-3,6H2. The third-order valence-corrected chi connectivity index (χ3v) is 4.49. The fourth-order valence-corrected chi connectivity index (χ4v) is 3.60. The van der Waals surface area contributed by atoms with Gasteiger partial charge in [-0.3, -0.25) is 0 Å². The Morgan fingerprint density at radius 1 is 1.24 bits per heavy atom. The van der Waals surface area contributed by atoms with E-state index in [4.69, 9.17) is 0 Å². The molecule has 0 saturated heterocycles. The maximum absolute atomic E-state index is 13.1. The summed E-state index contributed by atoms with van der Waals surface area (Å²) in [5.41, 5.74) is 1.99. The average molecular weight is 248 g/mol. The summed E-state index contributed by atoms with van der Waals surface area (Å²) in [6.45, 7) is 0. The van der Waals surface area contributed by atoms with Crippen molar-refractivity contribution in [1.29, 1.82) is 0 Å². The number of aryl methyl sites for hydroxylation is 2. The second-order valence-electron chi connectivity index (χ2n) is 4.41. The number of rotatable bonds is 2. The first-order chi connectivity index (χ1) is 8.24. The summed E-state index contributed by atoms with van der Waals surface area (Å²) in [5.74, 6) is -0.300. The molecule has 88 valence electrons. The van der Waals surface area contributed by atoms with Crippen molar-refractivity contribution >= 4 is 11.3 Å². The fraction of sp³-hybridized carbons (Fsp3) is 0.286. The quantitative estimate of drug-likeness (QED) is 0.863. The van der Waals surface area contributed by atoms with E-state index in [-0.39, 0.29) is 5.82 Å². The molecule has 17 heavy (non-hydrogen) atoms. The lowest BCUT2D eigenvalue weighted by atomic mass is 10.1. The number of thiophene rings is 1. The maximum Gasteiger partial charge on any atom is 0.123 e. The smallest absolute Gasteiger partial charge is 0.123 e. The van der Waals surface area contributed by atoms with Crippen LogP contribution >= 0.6 is 11.3 Å². The zero-order chi connectivity index (χ0) is 11.8. The number of benzene rings is 1. The third-order valence-electron chi connectivity index (χ3n) is 3.20. The number of aliphatic hydroxyl groups is 1. The molecule has 1 nitrogen and oxygen atoms in total. The molecule has 1 N–H and O–H groups in total. The fourth-order valence-electron chi connectivity index (χ4n) is 2.33. The third kappa shape index (κ3) is 2.01. The first-order valence-corrected chi connectivity index (χ1v) is 6.61. The minimum atomic E-state index is -0.693. The van der Waals surface area contributed by atoms with Crippen molar-refractivity contribution in [3.8, 4) is 0 Å². The largest absolute Gasteiger partial charge is 0.383 e. The molecule has 1 heterocycles. The van der Waals surface area contributed by atoms with Gasteiger partial charge >= 0.3 is 0 Å². The van der Waals surface area contributed by atoms with E-state index in [1.54, 1.807) is 23.5 Å². The Morgan fingerprint density at radius 3 is 2.88 bits per heavy atom. The van der Waals surface area contributed by atoms with Crippen molar-refractivity contribution in [2.24, 2.45) is 0 Å². The summed E-state index contributed by atoms with van der Waals surface area (Å²) in [7, 11) is 0. The Morgan fingerprint density at radius 2 is 2.12 bits per heavy atom. The minimum Gasteiger partial charge on any atom is -0.383 e. The SMILES string of the molecule is OC(c1cccc(F)c1)c1cc2c(s1)CCC2. The number of fused-ring (bicyclic) bond motifs is 1. The highest BCUT2D eigenvalue weighted by Gasteiger charge is 2.19. The molecule has 0 bridgehead atoms. The second kappa shape index (κ2) is 4.24. The molecule has 0 spiro atoms. The molecule has 0 aliphatic heterocycles. The van der Waals surface area contributed by atoms with Crippen LogP contribution in [0.4, 0.5) is 4.39 Å². The molecule has 1 atom stereocenters. The van der Waals surface area contributed by atoms with Crippen molar-refractivity contribution < 1.29 is 9.50 Å². The lowest BCUT2D eigenvalue weighted by Crippen LogP contribution is -1.97. The molecule has 0 radical (unpaired) electrons. The van der Waals surface area contributed by atoms with Gasteiger partial charge in [0.2, 0.25) is 0 Å². The number of aliphatic hydroxyl groups excluding tert-OH is 1. The van der Waals surface area contributed by atoms with Gasteiger partial charge in [-0.25, -0.2) is 4.39 Å². The maximum atomic E-state index is 13.1. The number of hydrogen-bond donors (Lipinski definition) is 1. The number of halogens is 1. The van der Waals surface area contributed by atoms with Crippen molar-refractivity contribution in [1.82, 2.24) is 0 Å². The number of hydrogen-bond acceptors (Lipinski definition) is 2. The Balaban J connectivity index is 1.93.